The molecule has 0 spiro atoms. The Balaban J connectivity index is 2.20. The molecule has 0 saturated carbocycles. The van der Waals surface area contributed by atoms with E-state index in [0.717, 1.165) is 22.2 Å². The lowest BCUT2D eigenvalue weighted by Gasteiger charge is -2.13. The standard InChI is InChI=1S/C14H11BrClF2N/c15-10-5-9(6-11(16)7-10)14(19)4-8-1-2-12(17)13(18)3-8/h1-3,5-7,14H,4,19H2. The van der Waals surface area contributed by atoms with Crippen LogP contribution >= 0.6 is 27.5 Å². The molecule has 1 atom stereocenters. The average Bonchev–Trinajstić information content (AvgIpc) is 2.32. The van der Waals surface area contributed by atoms with Crippen LogP contribution in [0.2, 0.25) is 5.02 Å². The predicted octanol–water partition coefficient (Wildman–Crippen LogP) is 4.62. The first-order valence-corrected chi connectivity index (χ1v) is 6.78. The summed E-state index contributed by atoms with van der Waals surface area (Å²) in [6, 6.07) is 8.83. The van der Waals surface area contributed by atoms with Crippen molar-refractivity contribution in [3.05, 3.63) is 68.7 Å². The molecule has 1 nitrogen and oxygen atoms in total. The Hall–Kier alpha value is -0.970. The first kappa shape index (κ1) is 14.4. The molecule has 5 heteroatoms. The van der Waals surface area contributed by atoms with E-state index in [2.05, 4.69) is 15.9 Å². The van der Waals surface area contributed by atoms with Crippen molar-refractivity contribution in [2.75, 3.05) is 0 Å². The second-order valence-corrected chi connectivity index (χ2v) is 5.61. The van der Waals surface area contributed by atoms with E-state index >= 15 is 0 Å². The third kappa shape index (κ3) is 3.75. The summed E-state index contributed by atoms with van der Waals surface area (Å²) >= 11 is 9.29. The van der Waals surface area contributed by atoms with Gasteiger partial charge >= 0.3 is 0 Å². The van der Waals surface area contributed by atoms with Crippen molar-refractivity contribution in [1.82, 2.24) is 0 Å². The van der Waals surface area contributed by atoms with Gasteiger partial charge in [0, 0.05) is 15.5 Å². The Morgan fingerprint density at radius 2 is 1.84 bits per heavy atom. The van der Waals surface area contributed by atoms with Gasteiger partial charge in [0.1, 0.15) is 0 Å². The fourth-order valence-electron chi connectivity index (χ4n) is 1.83. The molecule has 2 N–H and O–H groups in total. The molecule has 1 unspecified atom stereocenters. The SMILES string of the molecule is NC(Cc1ccc(F)c(F)c1)c1cc(Cl)cc(Br)c1. The predicted molar refractivity (Wildman–Crippen MR) is 76.1 cm³/mol. The molecule has 0 amide bonds. The van der Waals surface area contributed by atoms with Gasteiger partial charge in [-0.2, -0.15) is 0 Å². The molecule has 100 valence electrons. The van der Waals surface area contributed by atoms with Gasteiger partial charge in [0.15, 0.2) is 11.6 Å². The summed E-state index contributed by atoms with van der Waals surface area (Å²) in [6.45, 7) is 0. The topological polar surface area (TPSA) is 26.0 Å². The lowest BCUT2D eigenvalue weighted by molar-refractivity contribution is 0.506. The monoisotopic (exact) mass is 345 g/mol. The summed E-state index contributed by atoms with van der Waals surface area (Å²) < 4.78 is 26.8. The highest BCUT2D eigenvalue weighted by molar-refractivity contribution is 9.10. The molecule has 0 heterocycles. The van der Waals surface area contributed by atoms with Crippen LogP contribution in [0.1, 0.15) is 17.2 Å². The van der Waals surface area contributed by atoms with E-state index in [4.69, 9.17) is 17.3 Å². The molecule has 0 radical (unpaired) electrons. The highest BCUT2D eigenvalue weighted by Gasteiger charge is 2.11. The van der Waals surface area contributed by atoms with Crippen molar-refractivity contribution in [1.29, 1.82) is 0 Å². The van der Waals surface area contributed by atoms with Gasteiger partial charge in [-0.15, -0.1) is 0 Å². The Kier molecular flexibility index (Phi) is 4.55. The number of rotatable bonds is 3. The van der Waals surface area contributed by atoms with E-state index in [0.29, 0.717) is 17.0 Å². The van der Waals surface area contributed by atoms with Crippen LogP contribution in [0.5, 0.6) is 0 Å². The summed E-state index contributed by atoms with van der Waals surface area (Å²) in [4.78, 5) is 0. The minimum absolute atomic E-state index is 0.333. The minimum Gasteiger partial charge on any atom is -0.324 e. The summed E-state index contributed by atoms with van der Waals surface area (Å²) in [6.07, 6.45) is 0.407. The third-order valence-electron chi connectivity index (χ3n) is 2.75. The van der Waals surface area contributed by atoms with Gasteiger partial charge in [-0.3, -0.25) is 0 Å². The molecule has 0 aliphatic heterocycles. The van der Waals surface area contributed by atoms with Gasteiger partial charge in [-0.05, 0) is 47.9 Å². The molecule has 2 aromatic carbocycles. The van der Waals surface area contributed by atoms with Gasteiger partial charge in [-0.25, -0.2) is 8.78 Å². The van der Waals surface area contributed by atoms with Gasteiger partial charge in [-0.1, -0.05) is 33.6 Å². The molecular weight excluding hydrogens is 336 g/mol. The molecular formula is C14H11BrClF2N. The smallest absolute Gasteiger partial charge is 0.159 e. The molecule has 0 saturated heterocycles. The van der Waals surface area contributed by atoms with Gasteiger partial charge in [0.05, 0.1) is 0 Å². The zero-order valence-corrected chi connectivity index (χ0v) is 12.2. The molecule has 0 bridgehead atoms. The Morgan fingerprint density at radius 3 is 2.47 bits per heavy atom. The molecule has 0 aliphatic rings. The molecule has 2 aromatic rings. The van der Waals surface area contributed by atoms with Crippen LogP contribution in [-0.2, 0) is 6.42 Å². The van der Waals surface area contributed by atoms with Crippen LogP contribution in [0.15, 0.2) is 40.9 Å². The van der Waals surface area contributed by atoms with Crippen LogP contribution in [0.4, 0.5) is 8.78 Å². The fourth-order valence-corrected chi connectivity index (χ4v) is 2.71. The van der Waals surface area contributed by atoms with E-state index in [-0.39, 0.29) is 6.04 Å². The zero-order valence-electron chi connectivity index (χ0n) is 9.84. The Morgan fingerprint density at radius 1 is 1.11 bits per heavy atom. The number of nitrogens with two attached hydrogens (primary N) is 1. The van der Waals surface area contributed by atoms with E-state index in [9.17, 15) is 8.78 Å². The maximum atomic E-state index is 13.1. The highest BCUT2D eigenvalue weighted by Crippen LogP contribution is 2.25. The zero-order chi connectivity index (χ0) is 14.0. The quantitative estimate of drug-likeness (QED) is 0.862. The van der Waals surface area contributed by atoms with Crippen LogP contribution in [0, 0.1) is 11.6 Å². The van der Waals surface area contributed by atoms with Crippen molar-refractivity contribution in [3.8, 4) is 0 Å². The van der Waals surface area contributed by atoms with Gasteiger partial charge < -0.3 is 5.73 Å². The average molecular weight is 347 g/mol. The van der Waals surface area contributed by atoms with Crippen LogP contribution in [0.25, 0.3) is 0 Å². The Labute approximate surface area is 123 Å². The van der Waals surface area contributed by atoms with E-state index in [1.165, 1.54) is 6.07 Å². The number of benzene rings is 2. The summed E-state index contributed by atoms with van der Waals surface area (Å²) in [5.41, 5.74) is 7.54. The molecule has 0 aliphatic carbocycles. The van der Waals surface area contributed by atoms with Crippen molar-refractivity contribution in [2.45, 2.75) is 12.5 Å². The van der Waals surface area contributed by atoms with Gasteiger partial charge in [0.25, 0.3) is 0 Å². The summed E-state index contributed by atoms with van der Waals surface area (Å²) in [5.74, 6) is -1.72. The first-order chi connectivity index (χ1) is 8.95. The first-order valence-electron chi connectivity index (χ1n) is 5.61. The van der Waals surface area contributed by atoms with Crippen molar-refractivity contribution >= 4 is 27.5 Å². The summed E-state index contributed by atoms with van der Waals surface area (Å²) in [7, 11) is 0. The van der Waals surface area contributed by atoms with E-state index in [1.54, 1.807) is 12.1 Å². The maximum absolute atomic E-state index is 13.1. The maximum Gasteiger partial charge on any atom is 0.159 e. The van der Waals surface area contributed by atoms with E-state index < -0.39 is 11.6 Å². The molecule has 19 heavy (non-hydrogen) atoms. The van der Waals surface area contributed by atoms with Crippen molar-refractivity contribution in [2.24, 2.45) is 5.73 Å². The van der Waals surface area contributed by atoms with Crippen LogP contribution in [-0.4, -0.2) is 0 Å². The lowest BCUT2D eigenvalue weighted by Crippen LogP contribution is -2.13. The lowest BCUT2D eigenvalue weighted by atomic mass is 10.00. The van der Waals surface area contributed by atoms with Gasteiger partial charge in [0.2, 0.25) is 0 Å². The molecule has 0 aromatic heterocycles. The number of hydrogen-bond donors (Lipinski definition) is 1. The van der Waals surface area contributed by atoms with Crippen molar-refractivity contribution < 1.29 is 8.78 Å². The second kappa shape index (κ2) is 5.99. The molecule has 0 fully saturated rings. The third-order valence-corrected chi connectivity index (χ3v) is 3.43. The van der Waals surface area contributed by atoms with Crippen molar-refractivity contribution in [3.63, 3.8) is 0 Å². The molecule has 2 rings (SSSR count). The van der Waals surface area contributed by atoms with Crippen LogP contribution < -0.4 is 5.73 Å². The number of halogens is 4. The highest BCUT2D eigenvalue weighted by atomic mass is 79.9. The Bertz CT molecular complexity index is 584. The van der Waals surface area contributed by atoms with E-state index in [1.807, 2.05) is 6.07 Å². The minimum atomic E-state index is -0.864. The fraction of sp³-hybridized carbons (Fsp3) is 0.143. The number of hydrogen-bond acceptors (Lipinski definition) is 1. The largest absolute Gasteiger partial charge is 0.324 e. The second-order valence-electron chi connectivity index (χ2n) is 4.26. The summed E-state index contributed by atoms with van der Waals surface area (Å²) in [5, 5.41) is 0.574. The normalized spacial score (nSPS) is 12.5. The van der Waals surface area contributed by atoms with Crippen LogP contribution in [0.3, 0.4) is 0 Å².